The van der Waals surface area contributed by atoms with Crippen molar-refractivity contribution in [3.8, 4) is 0 Å². The van der Waals surface area contributed by atoms with Gasteiger partial charge in [-0.25, -0.2) is 4.79 Å². The number of Topliss-reactive ketones (excluding diaryl/α,β-unsaturated/α-hetero) is 1. The quantitative estimate of drug-likeness (QED) is 0.565. The van der Waals surface area contributed by atoms with E-state index in [-0.39, 0.29) is 11.9 Å². The number of carbonyl (C=O) groups excluding carboxylic acids is 2. The highest BCUT2D eigenvalue weighted by atomic mass is 16.6. The zero-order valence-electron chi connectivity index (χ0n) is 5.88. The van der Waals surface area contributed by atoms with E-state index in [0.717, 1.165) is 0 Å². The van der Waals surface area contributed by atoms with Gasteiger partial charge in [0.15, 0.2) is 5.78 Å². The number of rotatable bonds is 1. The summed E-state index contributed by atoms with van der Waals surface area (Å²) in [5, 5.41) is 2.39. The fraction of sp³-hybridized carbons (Fsp3) is 0.667. The van der Waals surface area contributed by atoms with Crippen LogP contribution >= 0.6 is 0 Å². The van der Waals surface area contributed by atoms with Crippen LogP contribution in [0.3, 0.4) is 0 Å². The van der Waals surface area contributed by atoms with E-state index in [1.807, 2.05) is 0 Å². The van der Waals surface area contributed by atoms with Gasteiger partial charge in [-0.05, 0) is 13.8 Å². The average Bonchev–Trinajstić information content (AvgIpc) is 2.10. The molecule has 1 amide bonds. The first-order valence-electron chi connectivity index (χ1n) is 3.09. The maximum atomic E-state index is 10.7. The molecule has 56 valence electrons. The summed E-state index contributed by atoms with van der Waals surface area (Å²) in [5.41, 5.74) is 0. The maximum absolute atomic E-state index is 10.7. The van der Waals surface area contributed by atoms with Crippen molar-refractivity contribution < 1.29 is 14.3 Å². The van der Waals surface area contributed by atoms with Crippen LogP contribution in [0.15, 0.2) is 0 Å². The van der Waals surface area contributed by atoms with Crippen molar-refractivity contribution in [1.29, 1.82) is 0 Å². The van der Waals surface area contributed by atoms with Crippen LogP contribution in [-0.2, 0) is 9.53 Å². The zero-order valence-corrected chi connectivity index (χ0v) is 5.88. The van der Waals surface area contributed by atoms with Crippen molar-refractivity contribution in [3.63, 3.8) is 0 Å². The van der Waals surface area contributed by atoms with Crippen molar-refractivity contribution in [3.05, 3.63) is 0 Å². The molecule has 0 saturated carbocycles. The summed E-state index contributed by atoms with van der Waals surface area (Å²) in [4.78, 5) is 21.2. The van der Waals surface area contributed by atoms with E-state index in [1.54, 1.807) is 6.92 Å². The minimum Gasteiger partial charge on any atom is -0.444 e. The third kappa shape index (κ3) is 1.10. The number of amides is 1. The summed E-state index contributed by atoms with van der Waals surface area (Å²) >= 11 is 0. The molecule has 1 aliphatic rings. The van der Waals surface area contributed by atoms with Gasteiger partial charge in [0.25, 0.3) is 0 Å². The zero-order chi connectivity index (χ0) is 7.72. The van der Waals surface area contributed by atoms with Gasteiger partial charge in [-0.15, -0.1) is 0 Å². The Kier molecular flexibility index (Phi) is 1.61. The molecule has 1 aliphatic heterocycles. The van der Waals surface area contributed by atoms with Gasteiger partial charge >= 0.3 is 6.09 Å². The van der Waals surface area contributed by atoms with Gasteiger partial charge in [-0.2, -0.15) is 0 Å². The number of hydrogen-bond acceptors (Lipinski definition) is 3. The van der Waals surface area contributed by atoms with E-state index in [0.29, 0.717) is 0 Å². The van der Waals surface area contributed by atoms with Gasteiger partial charge < -0.3 is 10.1 Å². The topological polar surface area (TPSA) is 55.4 Å². The Morgan fingerprint density at radius 2 is 2.30 bits per heavy atom. The molecule has 0 aromatic rings. The first-order valence-corrected chi connectivity index (χ1v) is 3.09. The molecule has 0 radical (unpaired) electrons. The van der Waals surface area contributed by atoms with Crippen molar-refractivity contribution in [2.45, 2.75) is 26.0 Å². The number of alkyl carbamates (subject to hydrolysis) is 1. The lowest BCUT2D eigenvalue weighted by Crippen LogP contribution is -2.36. The van der Waals surface area contributed by atoms with E-state index in [4.69, 9.17) is 0 Å². The normalized spacial score (nSPS) is 31.2. The van der Waals surface area contributed by atoms with Crippen LogP contribution in [0, 0.1) is 0 Å². The third-order valence-corrected chi connectivity index (χ3v) is 1.47. The molecule has 1 N–H and O–H groups in total. The van der Waals surface area contributed by atoms with Crippen LogP contribution in [0.1, 0.15) is 13.8 Å². The standard InChI is InChI=1S/C6H9NO3/c1-3(8)5-4(2)10-6(9)7-5/h4-5H,1-2H3,(H,7,9). The van der Waals surface area contributed by atoms with Crippen LogP contribution in [-0.4, -0.2) is 24.0 Å². The van der Waals surface area contributed by atoms with Crippen LogP contribution in [0.2, 0.25) is 0 Å². The number of nitrogens with one attached hydrogen (secondary N) is 1. The summed E-state index contributed by atoms with van der Waals surface area (Å²) in [7, 11) is 0. The number of ketones is 1. The maximum Gasteiger partial charge on any atom is 0.408 e. The van der Waals surface area contributed by atoms with Crippen molar-refractivity contribution in [2.75, 3.05) is 0 Å². The molecular weight excluding hydrogens is 134 g/mol. The average molecular weight is 143 g/mol. The molecule has 1 fully saturated rings. The number of hydrogen-bond donors (Lipinski definition) is 1. The molecule has 1 heterocycles. The number of ether oxygens (including phenoxy) is 1. The van der Waals surface area contributed by atoms with E-state index in [1.165, 1.54) is 6.92 Å². The first-order chi connectivity index (χ1) is 4.61. The molecule has 2 unspecified atom stereocenters. The Balaban J connectivity index is 2.63. The number of cyclic esters (lactones) is 1. The highest BCUT2D eigenvalue weighted by Crippen LogP contribution is 2.07. The first kappa shape index (κ1) is 7.05. The van der Waals surface area contributed by atoms with E-state index < -0.39 is 12.1 Å². The second-order valence-corrected chi connectivity index (χ2v) is 2.34. The van der Waals surface area contributed by atoms with Gasteiger partial charge in [0, 0.05) is 0 Å². The SMILES string of the molecule is CC(=O)C1NC(=O)OC1C. The van der Waals surface area contributed by atoms with Crippen LogP contribution < -0.4 is 5.32 Å². The van der Waals surface area contributed by atoms with Crippen molar-refractivity contribution >= 4 is 11.9 Å². The highest BCUT2D eigenvalue weighted by molar-refractivity contribution is 5.88. The lowest BCUT2D eigenvalue weighted by atomic mass is 10.1. The fourth-order valence-corrected chi connectivity index (χ4v) is 0.947. The van der Waals surface area contributed by atoms with Crippen molar-refractivity contribution in [1.82, 2.24) is 5.32 Å². The molecule has 1 saturated heterocycles. The van der Waals surface area contributed by atoms with E-state index >= 15 is 0 Å². The molecule has 0 spiro atoms. The summed E-state index contributed by atoms with van der Waals surface area (Å²) in [6.45, 7) is 3.11. The van der Waals surface area contributed by atoms with E-state index in [9.17, 15) is 9.59 Å². The molecule has 10 heavy (non-hydrogen) atoms. The summed E-state index contributed by atoms with van der Waals surface area (Å²) in [6.07, 6.45) is -0.835. The Morgan fingerprint density at radius 3 is 2.50 bits per heavy atom. The molecule has 0 aromatic heterocycles. The van der Waals surface area contributed by atoms with Gasteiger partial charge in [0.1, 0.15) is 12.1 Å². The van der Waals surface area contributed by atoms with Gasteiger partial charge in [-0.3, -0.25) is 4.79 Å². The molecule has 2 atom stereocenters. The summed E-state index contributed by atoms with van der Waals surface area (Å²) in [6, 6.07) is -0.451. The lowest BCUT2D eigenvalue weighted by molar-refractivity contribution is -0.119. The Bertz CT molecular complexity index is 178. The minimum absolute atomic E-state index is 0.0710. The molecular formula is C6H9NO3. The minimum atomic E-state index is -0.507. The fourth-order valence-electron chi connectivity index (χ4n) is 0.947. The Labute approximate surface area is 58.5 Å². The number of carbonyl (C=O) groups is 2. The predicted molar refractivity (Wildman–Crippen MR) is 33.5 cm³/mol. The van der Waals surface area contributed by atoms with Crippen molar-refractivity contribution in [2.24, 2.45) is 0 Å². The lowest BCUT2D eigenvalue weighted by Gasteiger charge is -2.06. The third-order valence-electron chi connectivity index (χ3n) is 1.47. The predicted octanol–water partition coefficient (Wildman–Crippen LogP) is 0.0723. The largest absolute Gasteiger partial charge is 0.444 e. The second kappa shape index (κ2) is 2.28. The highest BCUT2D eigenvalue weighted by Gasteiger charge is 2.33. The molecule has 0 bridgehead atoms. The summed E-state index contributed by atoms with van der Waals surface area (Å²) < 4.78 is 4.66. The monoisotopic (exact) mass is 143 g/mol. The van der Waals surface area contributed by atoms with Crippen LogP contribution in [0.5, 0.6) is 0 Å². The summed E-state index contributed by atoms with van der Waals surface area (Å²) in [5.74, 6) is -0.0710. The molecule has 0 aliphatic carbocycles. The molecule has 4 heteroatoms. The van der Waals surface area contributed by atoms with Gasteiger partial charge in [0.05, 0.1) is 0 Å². The molecule has 1 rings (SSSR count). The molecule has 0 aromatic carbocycles. The Hall–Kier alpha value is -1.06. The Morgan fingerprint density at radius 1 is 1.70 bits per heavy atom. The van der Waals surface area contributed by atoms with Gasteiger partial charge in [-0.1, -0.05) is 0 Å². The van der Waals surface area contributed by atoms with Crippen LogP contribution in [0.4, 0.5) is 4.79 Å². The van der Waals surface area contributed by atoms with Gasteiger partial charge in [0.2, 0.25) is 0 Å². The van der Waals surface area contributed by atoms with E-state index in [2.05, 4.69) is 10.1 Å². The smallest absolute Gasteiger partial charge is 0.408 e. The molecule has 4 nitrogen and oxygen atoms in total. The second-order valence-electron chi connectivity index (χ2n) is 2.34. The van der Waals surface area contributed by atoms with Crippen LogP contribution in [0.25, 0.3) is 0 Å².